The third-order valence-corrected chi connectivity index (χ3v) is 3.37. The van der Waals surface area contributed by atoms with Crippen LogP contribution in [0.15, 0.2) is 21.2 Å². The normalized spacial score (nSPS) is 12.6. The van der Waals surface area contributed by atoms with Gasteiger partial charge < -0.3 is 14.6 Å². The van der Waals surface area contributed by atoms with Crippen molar-refractivity contribution in [2.45, 2.75) is 26.4 Å². The van der Waals surface area contributed by atoms with Crippen LogP contribution in [-0.2, 0) is 6.54 Å². The van der Waals surface area contributed by atoms with Crippen LogP contribution in [0.4, 0.5) is 6.01 Å². The molecular weight excluding hydrogens is 248 g/mol. The Balaban J connectivity index is 2.00. The van der Waals surface area contributed by atoms with E-state index in [4.69, 9.17) is 4.42 Å². The molecule has 18 heavy (non-hydrogen) atoms. The molecule has 2 heterocycles. The Morgan fingerprint density at radius 1 is 1.50 bits per heavy atom. The highest BCUT2D eigenvalue weighted by molar-refractivity contribution is 7.07. The minimum Gasteiger partial charge on any atom is -0.406 e. The lowest BCUT2D eigenvalue weighted by atomic mass is 10.3. The van der Waals surface area contributed by atoms with Gasteiger partial charge in [0.2, 0.25) is 5.89 Å². The first kappa shape index (κ1) is 13.0. The number of thiophene rings is 1. The van der Waals surface area contributed by atoms with Crippen molar-refractivity contribution in [2.75, 3.05) is 18.5 Å². The number of hydrogen-bond donors (Lipinski definition) is 1. The molecule has 0 saturated heterocycles. The molecule has 0 aliphatic rings. The third kappa shape index (κ3) is 3.08. The predicted octanol–water partition coefficient (Wildman–Crippen LogP) is 2.44. The average molecular weight is 266 g/mol. The quantitative estimate of drug-likeness (QED) is 0.870. The molecule has 0 amide bonds. The molecule has 2 aromatic rings. The monoisotopic (exact) mass is 266 g/mol. The molecule has 0 fully saturated rings. The zero-order valence-corrected chi connectivity index (χ0v) is 11.7. The number of aromatic nitrogens is 2. The van der Waals surface area contributed by atoms with Gasteiger partial charge in [0.05, 0.1) is 6.04 Å². The standard InChI is InChI=1S/C12H18N4OS/c1-4-13-9(2)11-14-15-12(17-11)16(3)7-10-5-6-18-8-10/h5-6,8-9,13H,4,7H2,1-3H3. The summed E-state index contributed by atoms with van der Waals surface area (Å²) in [7, 11) is 1.95. The topological polar surface area (TPSA) is 54.2 Å². The van der Waals surface area contributed by atoms with E-state index in [0.717, 1.165) is 13.1 Å². The summed E-state index contributed by atoms with van der Waals surface area (Å²) < 4.78 is 5.65. The maximum Gasteiger partial charge on any atom is 0.318 e. The molecule has 2 aromatic heterocycles. The summed E-state index contributed by atoms with van der Waals surface area (Å²) in [5.74, 6) is 0.629. The Labute approximate surface area is 111 Å². The van der Waals surface area contributed by atoms with Gasteiger partial charge in [0.1, 0.15) is 0 Å². The highest BCUT2D eigenvalue weighted by Crippen LogP contribution is 2.18. The first-order chi connectivity index (χ1) is 8.70. The van der Waals surface area contributed by atoms with Crippen molar-refractivity contribution in [1.82, 2.24) is 15.5 Å². The molecule has 0 aromatic carbocycles. The number of nitrogens with one attached hydrogen (secondary N) is 1. The van der Waals surface area contributed by atoms with Crippen molar-refractivity contribution in [3.05, 3.63) is 28.3 Å². The van der Waals surface area contributed by atoms with Crippen molar-refractivity contribution in [3.63, 3.8) is 0 Å². The zero-order valence-electron chi connectivity index (χ0n) is 10.9. The van der Waals surface area contributed by atoms with Gasteiger partial charge in [0, 0.05) is 13.6 Å². The van der Waals surface area contributed by atoms with Crippen LogP contribution < -0.4 is 10.2 Å². The van der Waals surface area contributed by atoms with E-state index in [1.54, 1.807) is 11.3 Å². The van der Waals surface area contributed by atoms with Gasteiger partial charge >= 0.3 is 6.01 Å². The molecule has 0 aliphatic carbocycles. The SMILES string of the molecule is CCNC(C)c1nnc(N(C)Cc2ccsc2)o1. The Morgan fingerprint density at radius 2 is 2.33 bits per heavy atom. The molecule has 0 saturated carbocycles. The van der Waals surface area contributed by atoms with Gasteiger partial charge in [-0.1, -0.05) is 12.0 Å². The second-order valence-corrected chi connectivity index (χ2v) is 4.97. The van der Waals surface area contributed by atoms with Gasteiger partial charge in [-0.25, -0.2) is 0 Å². The average Bonchev–Trinajstić information content (AvgIpc) is 2.99. The van der Waals surface area contributed by atoms with Crippen LogP contribution in [0.3, 0.4) is 0 Å². The number of anilines is 1. The molecule has 2 rings (SSSR count). The van der Waals surface area contributed by atoms with E-state index in [1.807, 2.05) is 18.9 Å². The molecule has 0 bridgehead atoms. The second kappa shape index (κ2) is 5.97. The summed E-state index contributed by atoms with van der Waals surface area (Å²) in [5.41, 5.74) is 1.25. The van der Waals surface area contributed by atoms with E-state index in [1.165, 1.54) is 5.56 Å². The van der Waals surface area contributed by atoms with Gasteiger partial charge in [-0.2, -0.15) is 11.3 Å². The lowest BCUT2D eigenvalue weighted by Crippen LogP contribution is -2.18. The van der Waals surface area contributed by atoms with E-state index in [-0.39, 0.29) is 6.04 Å². The van der Waals surface area contributed by atoms with Crippen LogP contribution in [-0.4, -0.2) is 23.8 Å². The maximum absolute atomic E-state index is 5.65. The van der Waals surface area contributed by atoms with E-state index in [0.29, 0.717) is 11.9 Å². The minimum atomic E-state index is 0.0887. The molecule has 1 N–H and O–H groups in total. The second-order valence-electron chi connectivity index (χ2n) is 4.19. The molecule has 1 unspecified atom stereocenters. The van der Waals surface area contributed by atoms with Crippen LogP contribution in [0, 0.1) is 0 Å². The molecule has 0 aliphatic heterocycles. The Hall–Kier alpha value is -1.40. The van der Waals surface area contributed by atoms with Crippen molar-refractivity contribution >= 4 is 17.4 Å². The fourth-order valence-electron chi connectivity index (χ4n) is 1.67. The Morgan fingerprint density at radius 3 is 3.00 bits per heavy atom. The molecule has 5 nitrogen and oxygen atoms in total. The van der Waals surface area contributed by atoms with Crippen LogP contribution >= 0.6 is 11.3 Å². The van der Waals surface area contributed by atoms with Crippen LogP contribution in [0.2, 0.25) is 0 Å². The lowest BCUT2D eigenvalue weighted by molar-refractivity contribution is 0.421. The maximum atomic E-state index is 5.65. The van der Waals surface area contributed by atoms with Gasteiger partial charge in [-0.3, -0.25) is 0 Å². The first-order valence-electron chi connectivity index (χ1n) is 5.99. The van der Waals surface area contributed by atoms with Crippen LogP contribution in [0.25, 0.3) is 0 Å². The summed E-state index contributed by atoms with van der Waals surface area (Å²) in [4.78, 5) is 1.96. The zero-order chi connectivity index (χ0) is 13.0. The van der Waals surface area contributed by atoms with Crippen molar-refractivity contribution in [3.8, 4) is 0 Å². The van der Waals surface area contributed by atoms with Crippen molar-refractivity contribution < 1.29 is 4.42 Å². The third-order valence-electron chi connectivity index (χ3n) is 2.64. The molecule has 0 radical (unpaired) electrons. The fourth-order valence-corrected chi connectivity index (χ4v) is 2.33. The Kier molecular flexibility index (Phi) is 4.33. The largest absolute Gasteiger partial charge is 0.406 e. The van der Waals surface area contributed by atoms with E-state index in [2.05, 4.69) is 39.3 Å². The van der Waals surface area contributed by atoms with Gasteiger partial charge in [0.15, 0.2) is 0 Å². The fraction of sp³-hybridized carbons (Fsp3) is 0.500. The van der Waals surface area contributed by atoms with E-state index in [9.17, 15) is 0 Å². The number of nitrogens with zero attached hydrogens (tertiary/aromatic N) is 3. The summed E-state index contributed by atoms with van der Waals surface area (Å²) in [6, 6.07) is 2.74. The summed E-state index contributed by atoms with van der Waals surface area (Å²) in [6.45, 7) is 5.72. The number of hydrogen-bond acceptors (Lipinski definition) is 6. The van der Waals surface area contributed by atoms with Gasteiger partial charge in [0.25, 0.3) is 0 Å². The minimum absolute atomic E-state index is 0.0887. The first-order valence-corrected chi connectivity index (χ1v) is 6.94. The molecule has 0 spiro atoms. The summed E-state index contributed by atoms with van der Waals surface area (Å²) in [5, 5.41) is 15.6. The lowest BCUT2D eigenvalue weighted by Gasteiger charge is -2.12. The molecular formula is C12H18N4OS. The van der Waals surface area contributed by atoms with Crippen molar-refractivity contribution in [2.24, 2.45) is 0 Å². The highest BCUT2D eigenvalue weighted by Gasteiger charge is 2.15. The van der Waals surface area contributed by atoms with Gasteiger partial charge in [-0.05, 0) is 35.9 Å². The predicted molar refractivity (Wildman–Crippen MR) is 72.8 cm³/mol. The number of rotatable bonds is 6. The van der Waals surface area contributed by atoms with Crippen molar-refractivity contribution in [1.29, 1.82) is 0 Å². The summed E-state index contributed by atoms with van der Waals surface area (Å²) >= 11 is 1.69. The summed E-state index contributed by atoms with van der Waals surface area (Å²) in [6.07, 6.45) is 0. The van der Waals surface area contributed by atoms with Crippen LogP contribution in [0.1, 0.15) is 31.3 Å². The Bertz CT molecular complexity index is 468. The van der Waals surface area contributed by atoms with E-state index < -0.39 is 0 Å². The molecule has 98 valence electrons. The molecule has 1 atom stereocenters. The highest BCUT2D eigenvalue weighted by atomic mass is 32.1. The molecule has 6 heteroatoms. The van der Waals surface area contributed by atoms with E-state index >= 15 is 0 Å². The van der Waals surface area contributed by atoms with Gasteiger partial charge in [-0.15, -0.1) is 5.10 Å². The smallest absolute Gasteiger partial charge is 0.318 e. The van der Waals surface area contributed by atoms with Crippen LogP contribution in [0.5, 0.6) is 0 Å².